The van der Waals surface area contributed by atoms with Crippen LogP contribution in [0.25, 0.3) is 0 Å². The Morgan fingerprint density at radius 1 is 1.06 bits per heavy atom. The molecule has 2 aliphatic rings. The van der Waals surface area contributed by atoms with Gasteiger partial charge in [-0.05, 0) is 38.0 Å². The number of hydrogen-bond acceptors (Lipinski definition) is 2. The van der Waals surface area contributed by atoms with Crippen LogP contribution in [0.4, 0.5) is 0 Å². The van der Waals surface area contributed by atoms with Crippen LogP contribution in [0.5, 0.6) is 0 Å². The summed E-state index contributed by atoms with van der Waals surface area (Å²) >= 11 is 0. The number of hydrogen-bond donors (Lipinski definition) is 0. The predicted molar refractivity (Wildman–Crippen MR) is 75.0 cm³/mol. The van der Waals surface area contributed by atoms with Crippen LogP contribution >= 0.6 is 0 Å². The molecule has 4 heteroatoms. The van der Waals surface area contributed by atoms with Gasteiger partial charge < -0.3 is 0 Å². The van der Waals surface area contributed by atoms with Crippen LogP contribution in [0, 0.1) is 5.92 Å². The van der Waals surface area contributed by atoms with Crippen LogP contribution < -0.4 is 0 Å². The fraction of sp³-hybridized carbons (Fsp3) is 1.00. The van der Waals surface area contributed by atoms with E-state index < -0.39 is 10.0 Å². The van der Waals surface area contributed by atoms with Gasteiger partial charge in [0.15, 0.2) is 0 Å². The van der Waals surface area contributed by atoms with Crippen LogP contribution in [0.15, 0.2) is 0 Å². The fourth-order valence-electron chi connectivity index (χ4n) is 3.58. The van der Waals surface area contributed by atoms with Crippen LogP contribution in [-0.2, 0) is 10.0 Å². The highest BCUT2D eigenvalue weighted by molar-refractivity contribution is 7.89. The van der Waals surface area contributed by atoms with Gasteiger partial charge in [-0.25, -0.2) is 8.42 Å². The summed E-state index contributed by atoms with van der Waals surface area (Å²) < 4.78 is 26.7. The first kappa shape index (κ1) is 14.3. The molecular weight excluding hydrogens is 246 g/mol. The van der Waals surface area contributed by atoms with Gasteiger partial charge in [0.2, 0.25) is 10.0 Å². The van der Waals surface area contributed by atoms with Crippen molar-refractivity contribution in [2.24, 2.45) is 5.92 Å². The number of unbranched alkanes of at least 4 members (excludes halogenated alkanes) is 2. The molecular formula is C14H27NO2S. The zero-order valence-electron chi connectivity index (χ0n) is 11.6. The van der Waals surface area contributed by atoms with Gasteiger partial charge in [-0.1, -0.05) is 32.6 Å². The van der Waals surface area contributed by atoms with Gasteiger partial charge in [0.25, 0.3) is 0 Å². The Morgan fingerprint density at radius 3 is 2.44 bits per heavy atom. The standard InChI is InChI=1S/C14H27NO2S/c1-2-3-6-12-18(16,17)15-11-7-10-14(15)13-8-4-5-9-13/h13-14H,2-12H2,1H3/t14-/m1/s1. The van der Waals surface area contributed by atoms with Gasteiger partial charge >= 0.3 is 0 Å². The molecule has 1 saturated heterocycles. The second kappa shape index (κ2) is 6.38. The van der Waals surface area contributed by atoms with Crippen LogP contribution in [0.2, 0.25) is 0 Å². The average Bonchev–Trinajstić information content (AvgIpc) is 3.00. The van der Waals surface area contributed by atoms with E-state index in [1.807, 2.05) is 4.31 Å². The SMILES string of the molecule is CCCCCS(=O)(=O)N1CCC[C@@H]1C1CCCC1. The molecule has 106 valence electrons. The van der Waals surface area contributed by atoms with Gasteiger partial charge in [-0.15, -0.1) is 0 Å². The summed E-state index contributed by atoms with van der Waals surface area (Å²) in [5.74, 6) is 1.01. The zero-order valence-corrected chi connectivity index (χ0v) is 12.4. The third-order valence-electron chi connectivity index (χ3n) is 4.56. The molecule has 0 aromatic heterocycles. The summed E-state index contributed by atoms with van der Waals surface area (Å²) in [4.78, 5) is 0. The lowest BCUT2D eigenvalue weighted by Gasteiger charge is -2.28. The smallest absolute Gasteiger partial charge is 0.212 e. The van der Waals surface area contributed by atoms with Gasteiger partial charge in [-0.2, -0.15) is 4.31 Å². The van der Waals surface area contributed by atoms with Crippen molar-refractivity contribution in [2.45, 2.75) is 70.8 Å². The van der Waals surface area contributed by atoms with E-state index in [2.05, 4.69) is 6.92 Å². The first-order valence-corrected chi connectivity index (χ1v) is 9.25. The Labute approximate surface area is 112 Å². The van der Waals surface area contributed by atoms with Crippen LogP contribution in [0.3, 0.4) is 0 Å². The van der Waals surface area contributed by atoms with E-state index in [9.17, 15) is 8.42 Å². The third-order valence-corrected chi connectivity index (χ3v) is 6.53. The molecule has 1 atom stereocenters. The maximum Gasteiger partial charge on any atom is 0.214 e. The molecule has 1 heterocycles. The Bertz CT molecular complexity index is 347. The fourth-order valence-corrected chi connectivity index (χ4v) is 5.48. The number of sulfonamides is 1. The topological polar surface area (TPSA) is 37.4 Å². The Hall–Kier alpha value is -0.0900. The maximum atomic E-state index is 12.4. The molecule has 1 aliphatic heterocycles. The van der Waals surface area contributed by atoms with Gasteiger partial charge in [-0.3, -0.25) is 0 Å². The number of rotatable bonds is 6. The van der Waals surface area contributed by atoms with E-state index in [4.69, 9.17) is 0 Å². The van der Waals surface area contributed by atoms with Crippen molar-refractivity contribution in [3.05, 3.63) is 0 Å². The summed E-state index contributed by atoms with van der Waals surface area (Å²) in [6.07, 6.45) is 10.2. The first-order valence-electron chi connectivity index (χ1n) is 7.64. The highest BCUT2D eigenvalue weighted by atomic mass is 32.2. The first-order chi connectivity index (χ1) is 8.65. The summed E-state index contributed by atoms with van der Waals surface area (Å²) in [7, 11) is -2.99. The predicted octanol–water partition coefficient (Wildman–Crippen LogP) is 3.16. The summed E-state index contributed by atoms with van der Waals surface area (Å²) in [6.45, 7) is 2.89. The molecule has 1 aliphatic carbocycles. The molecule has 0 N–H and O–H groups in total. The highest BCUT2D eigenvalue weighted by Gasteiger charge is 2.39. The third kappa shape index (κ3) is 3.27. The minimum Gasteiger partial charge on any atom is -0.212 e. The maximum absolute atomic E-state index is 12.4. The summed E-state index contributed by atoms with van der Waals surface area (Å²) in [6, 6.07) is 0.333. The quantitative estimate of drug-likeness (QED) is 0.697. The molecule has 1 saturated carbocycles. The molecule has 2 fully saturated rings. The van der Waals surface area contributed by atoms with Crippen LogP contribution in [0.1, 0.15) is 64.7 Å². The van der Waals surface area contributed by atoms with Gasteiger partial charge in [0.1, 0.15) is 0 Å². The highest BCUT2D eigenvalue weighted by Crippen LogP contribution is 2.36. The summed E-state index contributed by atoms with van der Waals surface area (Å²) in [5.41, 5.74) is 0. The van der Waals surface area contributed by atoms with E-state index in [1.165, 1.54) is 25.7 Å². The molecule has 0 aromatic rings. The van der Waals surface area contributed by atoms with E-state index >= 15 is 0 Å². The Balaban J connectivity index is 1.96. The Morgan fingerprint density at radius 2 is 1.78 bits per heavy atom. The lowest BCUT2D eigenvalue weighted by atomic mass is 9.97. The Kier molecular flexibility index (Phi) is 5.07. The van der Waals surface area contributed by atoms with E-state index in [0.717, 1.165) is 38.6 Å². The van der Waals surface area contributed by atoms with Crippen molar-refractivity contribution < 1.29 is 8.42 Å². The van der Waals surface area contributed by atoms with Gasteiger partial charge in [0, 0.05) is 12.6 Å². The molecule has 0 radical (unpaired) electrons. The van der Waals surface area contributed by atoms with Crippen molar-refractivity contribution in [3.63, 3.8) is 0 Å². The van der Waals surface area contributed by atoms with E-state index in [0.29, 0.717) is 17.7 Å². The van der Waals surface area contributed by atoms with Crippen molar-refractivity contribution >= 4 is 10.0 Å². The minimum atomic E-state index is -2.99. The molecule has 2 rings (SSSR count). The second-order valence-corrected chi connectivity index (χ2v) is 7.93. The van der Waals surface area contributed by atoms with E-state index in [-0.39, 0.29) is 0 Å². The molecule has 0 aromatic carbocycles. The van der Waals surface area contributed by atoms with Gasteiger partial charge in [0.05, 0.1) is 5.75 Å². The number of nitrogens with zero attached hydrogens (tertiary/aromatic N) is 1. The van der Waals surface area contributed by atoms with Crippen molar-refractivity contribution in [1.82, 2.24) is 4.31 Å². The molecule has 0 spiro atoms. The average molecular weight is 273 g/mol. The lowest BCUT2D eigenvalue weighted by Crippen LogP contribution is -2.40. The molecule has 0 bridgehead atoms. The van der Waals surface area contributed by atoms with E-state index in [1.54, 1.807) is 0 Å². The van der Waals surface area contributed by atoms with Crippen LogP contribution in [-0.4, -0.2) is 31.1 Å². The molecule has 3 nitrogen and oxygen atoms in total. The monoisotopic (exact) mass is 273 g/mol. The van der Waals surface area contributed by atoms with Crippen molar-refractivity contribution in [1.29, 1.82) is 0 Å². The van der Waals surface area contributed by atoms with Crippen molar-refractivity contribution in [2.75, 3.05) is 12.3 Å². The normalized spacial score (nSPS) is 27.1. The van der Waals surface area contributed by atoms with Crippen molar-refractivity contribution in [3.8, 4) is 0 Å². The molecule has 18 heavy (non-hydrogen) atoms. The zero-order chi connectivity index (χ0) is 13.0. The second-order valence-electron chi connectivity index (χ2n) is 5.89. The largest absolute Gasteiger partial charge is 0.214 e. The minimum absolute atomic E-state index is 0.333. The summed E-state index contributed by atoms with van der Waals surface area (Å²) in [5, 5.41) is 0. The lowest BCUT2D eigenvalue weighted by molar-refractivity contribution is 0.288. The molecule has 0 amide bonds. The molecule has 0 unspecified atom stereocenters.